The summed E-state index contributed by atoms with van der Waals surface area (Å²) in [5.74, 6) is -0.346. The number of rotatable bonds is 6. The second kappa shape index (κ2) is 8.66. The van der Waals surface area contributed by atoms with E-state index in [1.165, 1.54) is 5.56 Å². The SMILES string of the molecule is CC(C)(C)[C@H](NC(=O)c1ccc(-c2cnc3nnc(C4(c5ccc6ncsc6c5)CC4)n3n2)cc1)C(=O)O. The zero-order valence-electron chi connectivity index (χ0n) is 21.0. The lowest BCUT2D eigenvalue weighted by atomic mass is 9.86. The van der Waals surface area contributed by atoms with Crippen molar-refractivity contribution in [3.05, 3.63) is 71.1 Å². The van der Waals surface area contributed by atoms with E-state index in [2.05, 4.69) is 37.6 Å². The van der Waals surface area contributed by atoms with E-state index in [0.29, 0.717) is 17.0 Å². The van der Waals surface area contributed by atoms with Crippen molar-refractivity contribution in [2.75, 3.05) is 0 Å². The zero-order valence-corrected chi connectivity index (χ0v) is 21.9. The van der Waals surface area contributed by atoms with E-state index in [1.807, 2.05) is 11.6 Å². The molecule has 3 heterocycles. The molecular weight excluding hydrogens is 502 g/mol. The average Bonchev–Trinajstić information content (AvgIpc) is 3.36. The van der Waals surface area contributed by atoms with Crippen molar-refractivity contribution in [2.45, 2.75) is 45.1 Å². The van der Waals surface area contributed by atoms with Gasteiger partial charge in [-0.2, -0.15) is 9.61 Å². The Kier molecular flexibility index (Phi) is 5.49. The van der Waals surface area contributed by atoms with Gasteiger partial charge in [0.15, 0.2) is 5.82 Å². The number of benzene rings is 2. The third-order valence-electron chi connectivity index (χ3n) is 7.03. The highest BCUT2D eigenvalue weighted by Gasteiger charge is 2.50. The van der Waals surface area contributed by atoms with Gasteiger partial charge in [-0.15, -0.1) is 21.5 Å². The molecule has 0 aliphatic heterocycles. The number of carbonyl (C=O) groups is 2. The smallest absolute Gasteiger partial charge is 0.326 e. The van der Waals surface area contributed by atoms with Crippen LogP contribution in [0.1, 0.15) is 55.4 Å². The Bertz CT molecular complexity index is 1700. The van der Waals surface area contributed by atoms with Gasteiger partial charge in [-0.3, -0.25) is 4.79 Å². The third-order valence-corrected chi connectivity index (χ3v) is 7.82. The zero-order chi connectivity index (χ0) is 26.7. The van der Waals surface area contributed by atoms with Crippen LogP contribution in [-0.2, 0) is 10.2 Å². The van der Waals surface area contributed by atoms with Crippen LogP contribution in [0.15, 0.2) is 54.2 Å². The molecule has 0 spiro atoms. The highest BCUT2D eigenvalue weighted by atomic mass is 32.1. The molecule has 1 aliphatic carbocycles. The summed E-state index contributed by atoms with van der Waals surface area (Å²) < 4.78 is 2.84. The molecule has 3 aromatic heterocycles. The lowest BCUT2D eigenvalue weighted by Crippen LogP contribution is -2.49. The van der Waals surface area contributed by atoms with Crippen molar-refractivity contribution in [3.8, 4) is 11.3 Å². The summed E-state index contributed by atoms with van der Waals surface area (Å²) >= 11 is 1.62. The van der Waals surface area contributed by atoms with Gasteiger partial charge in [-0.05, 0) is 48.1 Å². The van der Waals surface area contributed by atoms with Gasteiger partial charge in [0.05, 0.1) is 27.3 Å². The summed E-state index contributed by atoms with van der Waals surface area (Å²) in [7, 11) is 0. The summed E-state index contributed by atoms with van der Waals surface area (Å²) in [5.41, 5.74) is 4.84. The standard InChI is InChI=1S/C27H25N7O3S/c1-26(2,3)21(23(36)37)30-22(35)16-6-4-15(5-7-16)19-13-28-25-32-31-24(34(25)33-19)27(10-11-27)17-8-9-18-20(12-17)38-14-29-18/h4-9,12-14,21H,10-11H2,1-3H3,(H,30,35)(H,36,37)/t21-/m1/s1. The molecule has 1 atom stereocenters. The van der Waals surface area contributed by atoms with Crippen molar-refractivity contribution in [1.82, 2.24) is 35.1 Å². The Morgan fingerprint density at radius 3 is 2.53 bits per heavy atom. The second-order valence-corrected chi connectivity index (χ2v) is 11.6. The van der Waals surface area contributed by atoms with E-state index in [1.54, 1.807) is 67.1 Å². The van der Waals surface area contributed by atoms with Crippen molar-refractivity contribution in [3.63, 3.8) is 0 Å². The van der Waals surface area contributed by atoms with Crippen molar-refractivity contribution >= 4 is 39.2 Å². The van der Waals surface area contributed by atoms with Gasteiger partial charge < -0.3 is 10.4 Å². The maximum Gasteiger partial charge on any atom is 0.326 e. The minimum Gasteiger partial charge on any atom is -0.480 e. The lowest BCUT2D eigenvalue weighted by molar-refractivity contribution is -0.142. The minimum absolute atomic E-state index is 0.263. The van der Waals surface area contributed by atoms with Crippen LogP contribution >= 0.6 is 11.3 Å². The molecule has 0 radical (unpaired) electrons. The summed E-state index contributed by atoms with van der Waals surface area (Å²) in [5, 5.41) is 25.7. The van der Waals surface area contributed by atoms with Gasteiger partial charge in [-0.1, -0.05) is 39.0 Å². The highest BCUT2D eigenvalue weighted by molar-refractivity contribution is 7.16. The fourth-order valence-corrected chi connectivity index (χ4v) is 5.42. The summed E-state index contributed by atoms with van der Waals surface area (Å²) in [4.78, 5) is 33.2. The number of carbonyl (C=O) groups excluding carboxylic acids is 1. The van der Waals surface area contributed by atoms with E-state index in [-0.39, 0.29) is 5.41 Å². The molecule has 192 valence electrons. The number of carboxylic acids is 1. The molecule has 11 heteroatoms. The number of amides is 1. The molecule has 0 unspecified atom stereocenters. The largest absolute Gasteiger partial charge is 0.480 e. The van der Waals surface area contributed by atoms with E-state index in [4.69, 9.17) is 5.10 Å². The molecule has 10 nitrogen and oxygen atoms in total. The van der Waals surface area contributed by atoms with Gasteiger partial charge >= 0.3 is 5.97 Å². The molecule has 6 rings (SSSR count). The van der Waals surface area contributed by atoms with Crippen molar-refractivity contribution in [2.24, 2.45) is 5.41 Å². The van der Waals surface area contributed by atoms with Crippen LogP contribution in [0.4, 0.5) is 0 Å². The molecule has 1 fully saturated rings. The molecule has 0 saturated heterocycles. The quantitative estimate of drug-likeness (QED) is 0.337. The number of hydrogen-bond acceptors (Lipinski definition) is 8. The van der Waals surface area contributed by atoms with Gasteiger partial charge in [0.25, 0.3) is 11.7 Å². The number of thiazole rings is 1. The summed E-state index contributed by atoms with van der Waals surface area (Å²) in [6.45, 7) is 5.31. The Morgan fingerprint density at radius 2 is 1.84 bits per heavy atom. The first-order valence-electron chi connectivity index (χ1n) is 12.2. The lowest BCUT2D eigenvalue weighted by Gasteiger charge is -2.27. The van der Waals surface area contributed by atoms with Crippen LogP contribution in [0, 0.1) is 5.41 Å². The fraction of sp³-hybridized carbons (Fsp3) is 0.296. The molecule has 2 aromatic carbocycles. The van der Waals surface area contributed by atoms with E-state index < -0.39 is 23.3 Å². The Labute approximate surface area is 221 Å². The monoisotopic (exact) mass is 527 g/mol. The molecule has 1 amide bonds. The summed E-state index contributed by atoms with van der Waals surface area (Å²) in [6, 6.07) is 12.2. The number of nitrogens with one attached hydrogen (secondary N) is 1. The van der Waals surface area contributed by atoms with Crippen LogP contribution in [0.25, 0.3) is 27.3 Å². The number of aromatic nitrogens is 6. The fourth-order valence-electron chi connectivity index (χ4n) is 4.70. The van der Waals surface area contributed by atoms with Crippen molar-refractivity contribution in [1.29, 1.82) is 0 Å². The Hall–Kier alpha value is -4.25. The first-order chi connectivity index (χ1) is 18.2. The molecule has 1 aliphatic rings. The first-order valence-corrected chi connectivity index (χ1v) is 13.1. The number of nitrogens with zero attached hydrogens (tertiary/aromatic N) is 6. The maximum atomic E-state index is 12.7. The number of fused-ring (bicyclic) bond motifs is 2. The Balaban J connectivity index is 1.29. The van der Waals surface area contributed by atoms with Gasteiger partial charge in [0, 0.05) is 11.1 Å². The topological polar surface area (TPSA) is 135 Å². The first kappa shape index (κ1) is 24.1. The van der Waals surface area contributed by atoms with Crippen LogP contribution in [-0.4, -0.2) is 52.8 Å². The maximum absolute atomic E-state index is 12.7. The van der Waals surface area contributed by atoms with E-state index in [9.17, 15) is 14.7 Å². The van der Waals surface area contributed by atoms with Gasteiger partial charge in [0.2, 0.25) is 0 Å². The Morgan fingerprint density at radius 1 is 1.08 bits per heavy atom. The molecule has 1 saturated carbocycles. The predicted molar refractivity (Wildman–Crippen MR) is 142 cm³/mol. The second-order valence-electron chi connectivity index (χ2n) is 10.7. The van der Waals surface area contributed by atoms with E-state index in [0.717, 1.165) is 34.4 Å². The molecule has 38 heavy (non-hydrogen) atoms. The average molecular weight is 528 g/mol. The minimum atomic E-state index is -1.07. The summed E-state index contributed by atoms with van der Waals surface area (Å²) in [6.07, 6.45) is 3.52. The molecule has 0 bridgehead atoms. The van der Waals surface area contributed by atoms with Crippen LogP contribution < -0.4 is 5.32 Å². The van der Waals surface area contributed by atoms with Crippen molar-refractivity contribution < 1.29 is 14.7 Å². The normalized spacial score (nSPS) is 15.4. The third kappa shape index (κ3) is 4.08. The molecule has 2 N–H and O–H groups in total. The molecular formula is C27H25N7O3S. The van der Waals surface area contributed by atoms with Crippen LogP contribution in [0.2, 0.25) is 0 Å². The van der Waals surface area contributed by atoms with Gasteiger partial charge in [-0.25, -0.2) is 14.8 Å². The number of carboxylic acid groups (broad SMARTS) is 1. The number of aliphatic carboxylic acids is 1. The van der Waals surface area contributed by atoms with Crippen LogP contribution in [0.3, 0.4) is 0 Å². The van der Waals surface area contributed by atoms with Gasteiger partial charge in [0.1, 0.15) is 11.7 Å². The molecule has 5 aromatic rings. The number of hydrogen-bond donors (Lipinski definition) is 2. The predicted octanol–water partition coefficient (Wildman–Crippen LogP) is 4.11. The van der Waals surface area contributed by atoms with E-state index >= 15 is 0 Å². The van der Waals surface area contributed by atoms with Crippen LogP contribution in [0.5, 0.6) is 0 Å². The highest BCUT2D eigenvalue weighted by Crippen LogP contribution is 2.53.